The Morgan fingerprint density at radius 2 is 1.94 bits per heavy atom. The summed E-state index contributed by atoms with van der Waals surface area (Å²) in [6, 6.07) is 12.2. The van der Waals surface area contributed by atoms with Gasteiger partial charge in [-0.2, -0.15) is 0 Å². The van der Waals surface area contributed by atoms with Crippen molar-refractivity contribution in [1.82, 2.24) is 9.66 Å². The summed E-state index contributed by atoms with van der Waals surface area (Å²) in [6.45, 7) is 0.746. The van der Waals surface area contributed by atoms with Crippen LogP contribution in [0.15, 0.2) is 59.5 Å². The summed E-state index contributed by atoms with van der Waals surface area (Å²) in [5.41, 5.74) is 5.53. The number of nitrogens with one attached hydrogen (secondary N) is 1. The highest BCUT2D eigenvalue weighted by Gasteiger charge is 2.04. The summed E-state index contributed by atoms with van der Waals surface area (Å²) in [7, 11) is 0. The molecule has 1 aromatic carbocycles. The van der Waals surface area contributed by atoms with Gasteiger partial charge < -0.3 is 5.43 Å². The first-order valence-corrected chi connectivity index (χ1v) is 6.53. The van der Waals surface area contributed by atoms with Gasteiger partial charge in [0.15, 0.2) is 0 Å². The van der Waals surface area contributed by atoms with Crippen LogP contribution in [0.4, 0.5) is 0 Å². The maximum absolute atomic E-state index is 4.46. The van der Waals surface area contributed by atoms with Gasteiger partial charge in [0.1, 0.15) is 0 Å². The van der Waals surface area contributed by atoms with Gasteiger partial charge in [-0.25, -0.2) is 0 Å². The second-order valence-electron chi connectivity index (χ2n) is 4.03. The highest BCUT2D eigenvalue weighted by atomic mass is 79.9. The minimum atomic E-state index is 0.746. The highest BCUT2D eigenvalue weighted by molar-refractivity contribution is 9.10. The van der Waals surface area contributed by atoms with Gasteiger partial charge in [-0.1, -0.05) is 28.1 Å². The predicted molar refractivity (Wildman–Crippen MR) is 76.9 cm³/mol. The lowest BCUT2D eigenvalue weighted by Gasteiger charge is -2.10. The maximum atomic E-state index is 4.46. The standard InChI is InChI=1S/C14H12BrN3/c15-13-6-5-11(10-17-18-8-1-2-9-18)14-12(13)4-3-7-16-14/h1-9,17H,10H2. The molecule has 0 saturated carbocycles. The van der Waals surface area contributed by atoms with E-state index >= 15 is 0 Å². The van der Waals surface area contributed by atoms with Crippen molar-refractivity contribution >= 4 is 26.8 Å². The van der Waals surface area contributed by atoms with Gasteiger partial charge in [-0.15, -0.1) is 0 Å². The first-order valence-electron chi connectivity index (χ1n) is 5.73. The Kier molecular flexibility index (Phi) is 3.02. The van der Waals surface area contributed by atoms with E-state index in [4.69, 9.17) is 0 Å². The molecule has 3 nitrogen and oxygen atoms in total. The molecule has 4 heteroatoms. The molecular weight excluding hydrogens is 290 g/mol. The van der Waals surface area contributed by atoms with Gasteiger partial charge in [-0.3, -0.25) is 9.66 Å². The number of rotatable bonds is 3. The minimum Gasteiger partial charge on any atom is -0.322 e. The Bertz CT molecular complexity index is 662. The van der Waals surface area contributed by atoms with Crippen LogP contribution in [0.2, 0.25) is 0 Å². The van der Waals surface area contributed by atoms with Gasteiger partial charge in [0, 0.05) is 28.4 Å². The minimum absolute atomic E-state index is 0.746. The van der Waals surface area contributed by atoms with Crippen LogP contribution in [0.5, 0.6) is 0 Å². The summed E-state index contributed by atoms with van der Waals surface area (Å²) >= 11 is 3.56. The number of fused-ring (bicyclic) bond motifs is 1. The average Bonchev–Trinajstić information content (AvgIpc) is 2.92. The van der Waals surface area contributed by atoms with Crippen molar-refractivity contribution in [2.24, 2.45) is 0 Å². The molecule has 0 fully saturated rings. The Labute approximate surface area is 114 Å². The smallest absolute Gasteiger partial charge is 0.0763 e. The van der Waals surface area contributed by atoms with Gasteiger partial charge in [-0.05, 0) is 29.8 Å². The number of pyridine rings is 1. The number of aromatic nitrogens is 2. The molecule has 0 aliphatic rings. The molecule has 1 N–H and O–H groups in total. The van der Waals surface area contributed by atoms with E-state index in [0.29, 0.717) is 0 Å². The first-order chi connectivity index (χ1) is 8.84. The fraction of sp³-hybridized carbons (Fsp3) is 0.0714. The first kappa shape index (κ1) is 11.3. The summed E-state index contributed by atoms with van der Waals surface area (Å²) in [5.74, 6) is 0. The van der Waals surface area contributed by atoms with E-state index in [0.717, 1.165) is 21.9 Å². The van der Waals surface area contributed by atoms with Crippen LogP contribution in [-0.4, -0.2) is 9.66 Å². The third-order valence-corrected chi connectivity index (χ3v) is 3.55. The lowest BCUT2D eigenvalue weighted by molar-refractivity contribution is 0.849. The Hall–Kier alpha value is -1.81. The van der Waals surface area contributed by atoms with Crippen molar-refractivity contribution in [2.45, 2.75) is 6.54 Å². The van der Waals surface area contributed by atoms with Crippen LogP contribution < -0.4 is 5.43 Å². The van der Waals surface area contributed by atoms with Gasteiger partial charge >= 0.3 is 0 Å². The van der Waals surface area contributed by atoms with Gasteiger partial charge in [0.05, 0.1) is 12.1 Å². The van der Waals surface area contributed by atoms with Crippen molar-refractivity contribution < 1.29 is 0 Å². The lowest BCUT2D eigenvalue weighted by Crippen LogP contribution is -2.12. The second-order valence-corrected chi connectivity index (χ2v) is 4.89. The van der Waals surface area contributed by atoms with Crippen molar-refractivity contribution in [3.8, 4) is 0 Å². The highest BCUT2D eigenvalue weighted by Crippen LogP contribution is 2.25. The van der Waals surface area contributed by atoms with E-state index in [2.05, 4.69) is 44.5 Å². The normalized spacial score (nSPS) is 10.7. The van der Waals surface area contributed by atoms with Crippen LogP contribution in [0.25, 0.3) is 10.9 Å². The van der Waals surface area contributed by atoms with E-state index in [1.54, 1.807) is 0 Å². The van der Waals surface area contributed by atoms with E-state index in [1.165, 1.54) is 5.56 Å². The number of nitrogens with zero attached hydrogens (tertiary/aromatic N) is 2. The van der Waals surface area contributed by atoms with Crippen molar-refractivity contribution in [2.75, 3.05) is 5.43 Å². The fourth-order valence-electron chi connectivity index (χ4n) is 1.96. The van der Waals surface area contributed by atoms with Crippen LogP contribution in [0, 0.1) is 0 Å². The molecule has 2 heterocycles. The fourth-order valence-corrected chi connectivity index (χ4v) is 2.41. The lowest BCUT2D eigenvalue weighted by atomic mass is 10.1. The van der Waals surface area contributed by atoms with Crippen molar-refractivity contribution in [3.63, 3.8) is 0 Å². The quantitative estimate of drug-likeness (QED) is 0.802. The number of hydrogen-bond acceptors (Lipinski definition) is 2. The number of hydrogen-bond donors (Lipinski definition) is 1. The topological polar surface area (TPSA) is 29.9 Å². The maximum Gasteiger partial charge on any atom is 0.0763 e. The van der Waals surface area contributed by atoms with E-state index in [9.17, 15) is 0 Å². The number of benzene rings is 1. The van der Waals surface area contributed by atoms with Crippen LogP contribution >= 0.6 is 15.9 Å². The molecule has 0 unspecified atom stereocenters. The van der Waals surface area contributed by atoms with Gasteiger partial charge in [0.25, 0.3) is 0 Å². The largest absolute Gasteiger partial charge is 0.322 e. The van der Waals surface area contributed by atoms with E-state index in [-0.39, 0.29) is 0 Å². The zero-order chi connectivity index (χ0) is 12.4. The number of halogens is 1. The average molecular weight is 302 g/mol. The zero-order valence-electron chi connectivity index (χ0n) is 9.68. The van der Waals surface area contributed by atoms with Gasteiger partial charge in [0.2, 0.25) is 0 Å². The molecule has 0 aliphatic heterocycles. The molecule has 90 valence electrons. The molecule has 0 bridgehead atoms. The summed E-state index contributed by atoms with van der Waals surface area (Å²) in [5, 5.41) is 1.14. The third kappa shape index (κ3) is 2.11. The van der Waals surface area contributed by atoms with E-state index < -0.39 is 0 Å². The molecular formula is C14H12BrN3. The SMILES string of the molecule is Brc1ccc(CNn2cccc2)c2ncccc12. The Morgan fingerprint density at radius 3 is 2.78 bits per heavy atom. The summed E-state index contributed by atoms with van der Waals surface area (Å²) in [4.78, 5) is 4.46. The van der Waals surface area contributed by atoms with E-state index in [1.807, 2.05) is 41.5 Å². The van der Waals surface area contributed by atoms with Crippen LogP contribution in [0.3, 0.4) is 0 Å². The molecule has 0 spiro atoms. The Balaban J connectivity index is 1.94. The zero-order valence-corrected chi connectivity index (χ0v) is 11.3. The monoisotopic (exact) mass is 301 g/mol. The Morgan fingerprint density at radius 1 is 1.11 bits per heavy atom. The molecule has 2 aromatic heterocycles. The molecule has 3 aromatic rings. The molecule has 0 saturated heterocycles. The van der Waals surface area contributed by atoms with Crippen LogP contribution in [-0.2, 0) is 6.54 Å². The third-order valence-electron chi connectivity index (χ3n) is 2.86. The van der Waals surface area contributed by atoms with Crippen molar-refractivity contribution in [1.29, 1.82) is 0 Å². The molecule has 0 radical (unpaired) electrons. The van der Waals surface area contributed by atoms with Crippen LogP contribution in [0.1, 0.15) is 5.56 Å². The summed E-state index contributed by atoms with van der Waals surface area (Å²) < 4.78 is 3.02. The molecule has 0 amide bonds. The van der Waals surface area contributed by atoms with Crippen molar-refractivity contribution in [3.05, 3.63) is 65.0 Å². The predicted octanol–water partition coefficient (Wildman–Crippen LogP) is 3.54. The second kappa shape index (κ2) is 4.82. The molecule has 0 atom stereocenters. The molecule has 18 heavy (non-hydrogen) atoms. The summed E-state index contributed by atoms with van der Waals surface area (Å²) in [6.07, 6.45) is 5.79. The molecule has 3 rings (SSSR count). The molecule has 0 aliphatic carbocycles.